The van der Waals surface area contributed by atoms with E-state index in [1.807, 2.05) is 0 Å². The largest absolute Gasteiger partial charge is 0.340 e. The van der Waals surface area contributed by atoms with Crippen LogP contribution in [0.4, 0.5) is 5.95 Å². The summed E-state index contributed by atoms with van der Waals surface area (Å²) in [6, 6.07) is 3.18. The lowest BCUT2D eigenvalue weighted by atomic mass is 10.0. The molecular weight excluding hydrogens is 310 g/mol. The molecule has 98 valence electrons. The molecule has 1 aliphatic heterocycles. The lowest BCUT2D eigenvalue weighted by Gasteiger charge is -2.39. The molecular formula is C12H12BrN5O. The Balaban J connectivity index is 1.60. The minimum atomic E-state index is -0.0548. The van der Waals surface area contributed by atoms with Crippen LogP contribution in [0.5, 0.6) is 0 Å². The van der Waals surface area contributed by atoms with Crippen LogP contribution in [0.1, 0.15) is 0 Å². The highest BCUT2D eigenvalue weighted by Gasteiger charge is 2.29. The zero-order chi connectivity index (χ0) is 13.2. The molecule has 1 aliphatic rings. The van der Waals surface area contributed by atoms with Crippen molar-refractivity contribution in [2.24, 2.45) is 5.92 Å². The van der Waals surface area contributed by atoms with Gasteiger partial charge in [0.1, 0.15) is 0 Å². The van der Waals surface area contributed by atoms with E-state index < -0.39 is 0 Å². The Morgan fingerprint density at radius 1 is 1.32 bits per heavy atom. The van der Waals surface area contributed by atoms with E-state index in [4.69, 9.17) is 0 Å². The fourth-order valence-electron chi connectivity index (χ4n) is 2.09. The Kier molecular flexibility index (Phi) is 3.29. The quantitative estimate of drug-likeness (QED) is 0.841. The zero-order valence-electron chi connectivity index (χ0n) is 10.1. The molecule has 1 fully saturated rings. The molecule has 0 radical (unpaired) electrons. The van der Waals surface area contributed by atoms with Gasteiger partial charge in [-0.3, -0.25) is 4.79 Å². The second-order valence-corrected chi connectivity index (χ2v) is 5.43. The molecule has 0 N–H and O–H groups in total. The van der Waals surface area contributed by atoms with Crippen molar-refractivity contribution >= 4 is 21.9 Å². The van der Waals surface area contributed by atoms with Gasteiger partial charge in [-0.25, -0.2) is 14.6 Å². The first-order valence-corrected chi connectivity index (χ1v) is 6.76. The summed E-state index contributed by atoms with van der Waals surface area (Å²) in [5.74, 6) is 1.15. The molecule has 19 heavy (non-hydrogen) atoms. The van der Waals surface area contributed by atoms with E-state index in [0.29, 0.717) is 12.5 Å². The molecule has 0 atom stereocenters. The first-order chi connectivity index (χ1) is 9.22. The smallest absolute Gasteiger partial charge is 0.266 e. The van der Waals surface area contributed by atoms with Crippen LogP contribution >= 0.6 is 15.9 Å². The molecule has 0 aromatic carbocycles. The van der Waals surface area contributed by atoms with Crippen LogP contribution in [0.2, 0.25) is 0 Å². The molecule has 2 aromatic rings. The zero-order valence-corrected chi connectivity index (χ0v) is 11.7. The van der Waals surface area contributed by atoms with Crippen molar-refractivity contribution in [3.05, 3.63) is 45.5 Å². The summed E-state index contributed by atoms with van der Waals surface area (Å²) in [7, 11) is 0. The molecule has 3 heterocycles. The number of nitrogens with zero attached hydrogens (tertiary/aromatic N) is 5. The number of aromatic nitrogens is 4. The first kappa shape index (κ1) is 12.3. The predicted octanol–water partition coefficient (Wildman–Crippen LogP) is 0.932. The molecule has 0 amide bonds. The third-order valence-electron chi connectivity index (χ3n) is 3.06. The fourth-order valence-corrected chi connectivity index (χ4v) is 2.29. The van der Waals surface area contributed by atoms with E-state index >= 15 is 0 Å². The van der Waals surface area contributed by atoms with Gasteiger partial charge >= 0.3 is 0 Å². The lowest BCUT2D eigenvalue weighted by Crippen LogP contribution is -2.50. The van der Waals surface area contributed by atoms with Crippen molar-refractivity contribution < 1.29 is 0 Å². The van der Waals surface area contributed by atoms with E-state index in [1.165, 1.54) is 10.7 Å². The standard InChI is InChI=1S/C12H12BrN5O/c13-10-4-14-12(15-5-10)17-6-9(7-17)8-18-11(19)2-1-3-16-18/h1-5,9H,6-8H2. The van der Waals surface area contributed by atoms with Crippen LogP contribution in [0.25, 0.3) is 0 Å². The van der Waals surface area contributed by atoms with Crippen molar-refractivity contribution in [2.45, 2.75) is 6.54 Å². The normalized spacial score (nSPS) is 15.3. The molecule has 0 saturated carbocycles. The Hall–Kier alpha value is -1.76. The molecule has 6 nitrogen and oxygen atoms in total. The van der Waals surface area contributed by atoms with Gasteiger partial charge in [-0.05, 0) is 22.0 Å². The van der Waals surface area contributed by atoms with E-state index in [2.05, 4.69) is 35.9 Å². The van der Waals surface area contributed by atoms with Gasteiger partial charge in [0.25, 0.3) is 5.56 Å². The molecule has 0 unspecified atom stereocenters. The SMILES string of the molecule is O=c1cccnn1CC1CN(c2ncc(Br)cn2)C1. The van der Waals surface area contributed by atoms with Crippen molar-refractivity contribution in [3.63, 3.8) is 0 Å². The summed E-state index contributed by atoms with van der Waals surface area (Å²) < 4.78 is 2.37. The summed E-state index contributed by atoms with van der Waals surface area (Å²) in [5.41, 5.74) is -0.0548. The van der Waals surface area contributed by atoms with Crippen LogP contribution in [-0.2, 0) is 6.54 Å². The van der Waals surface area contributed by atoms with Crippen molar-refractivity contribution in [2.75, 3.05) is 18.0 Å². The topological polar surface area (TPSA) is 63.9 Å². The second kappa shape index (κ2) is 5.08. The van der Waals surface area contributed by atoms with Gasteiger partial charge in [0.2, 0.25) is 5.95 Å². The third-order valence-corrected chi connectivity index (χ3v) is 3.47. The monoisotopic (exact) mass is 321 g/mol. The van der Waals surface area contributed by atoms with Gasteiger partial charge in [-0.2, -0.15) is 5.10 Å². The van der Waals surface area contributed by atoms with E-state index in [-0.39, 0.29) is 5.56 Å². The average Bonchev–Trinajstić information content (AvgIpc) is 2.37. The van der Waals surface area contributed by atoms with Gasteiger partial charge in [-0.1, -0.05) is 0 Å². The third kappa shape index (κ3) is 2.65. The molecule has 1 saturated heterocycles. The van der Waals surface area contributed by atoms with E-state index in [0.717, 1.165) is 23.5 Å². The average molecular weight is 322 g/mol. The summed E-state index contributed by atoms with van der Waals surface area (Å²) in [6.07, 6.45) is 5.10. The minimum Gasteiger partial charge on any atom is -0.340 e. The lowest BCUT2D eigenvalue weighted by molar-refractivity contribution is 0.331. The van der Waals surface area contributed by atoms with Crippen LogP contribution in [0, 0.1) is 5.92 Å². The van der Waals surface area contributed by atoms with Gasteiger partial charge in [-0.15, -0.1) is 0 Å². The maximum Gasteiger partial charge on any atom is 0.266 e. The molecule has 3 rings (SSSR count). The van der Waals surface area contributed by atoms with Crippen LogP contribution in [-0.4, -0.2) is 32.8 Å². The van der Waals surface area contributed by atoms with Crippen LogP contribution < -0.4 is 10.5 Å². The van der Waals surface area contributed by atoms with E-state index in [1.54, 1.807) is 24.7 Å². The maximum atomic E-state index is 11.5. The van der Waals surface area contributed by atoms with E-state index in [9.17, 15) is 4.79 Å². The predicted molar refractivity (Wildman–Crippen MR) is 73.9 cm³/mol. The van der Waals surface area contributed by atoms with Crippen LogP contribution in [0.3, 0.4) is 0 Å². The Morgan fingerprint density at radius 3 is 2.74 bits per heavy atom. The molecule has 0 bridgehead atoms. The summed E-state index contributed by atoms with van der Waals surface area (Å²) in [6.45, 7) is 2.35. The van der Waals surface area contributed by atoms with Crippen molar-refractivity contribution in [1.82, 2.24) is 19.7 Å². The molecule has 0 aliphatic carbocycles. The fraction of sp³-hybridized carbons (Fsp3) is 0.333. The van der Waals surface area contributed by atoms with Gasteiger partial charge in [0.15, 0.2) is 0 Å². The highest BCUT2D eigenvalue weighted by atomic mass is 79.9. The summed E-state index contributed by atoms with van der Waals surface area (Å²) >= 11 is 3.31. The van der Waals surface area contributed by atoms with Gasteiger partial charge < -0.3 is 4.90 Å². The van der Waals surface area contributed by atoms with Gasteiger partial charge in [0, 0.05) is 43.7 Å². The molecule has 7 heteroatoms. The van der Waals surface area contributed by atoms with Gasteiger partial charge in [0.05, 0.1) is 11.0 Å². The number of hydrogen-bond donors (Lipinski definition) is 0. The highest BCUT2D eigenvalue weighted by Crippen LogP contribution is 2.22. The summed E-state index contributed by atoms with van der Waals surface area (Å²) in [5, 5.41) is 4.06. The van der Waals surface area contributed by atoms with Crippen molar-refractivity contribution in [3.8, 4) is 0 Å². The molecule has 0 spiro atoms. The Bertz CT molecular complexity index is 621. The van der Waals surface area contributed by atoms with Crippen molar-refractivity contribution in [1.29, 1.82) is 0 Å². The minimum absolute atomic E-state index is 0.0548. The highest BCUT2D eigenvalue weighted by molar-refractivity contribution is 9.10. The number of anilines is 1. The number of rotatable bonds is 3. The maximum absolute atomic E-state index is 11.5. The number of hydrogen-bond acceptors (Lipinski definition) is 5. The van der Waals surface area contributed by atoms with Crippen LogP contribution in [0.15, 0.2) is 40.0 Å². The summed E-state index contributed by atoms with van der Waals surface area (Å²) in [4.78, 5) is 22.1. The first-order valence-electron chi connectivity index (χ1n) is 5.97. The Labute approximate surface area is 118 Å². The Morgan fingerprint density at radius 2 is 2.05 bits per heavy atom. The molecule has 2 aromatic heterocycles. The number of halogens is 1. The second-order valence-electron chi connectivity index (χ2n) is 4.52.